The largest absolute Gasteiger partial charge is 0.490 e. The number of nitrogens with zero attached hydrogens (tertiary/aromatic N) is 4. The highest BCUT2D eigenvalue weighted by Crippen LogP contribution is 2.28. The number of benzene rings is 1. The maximum Gasteiger partial charge on any atom is 0.311 e. The zero-order chi connectivity index (χ0) is 17.9. The molecule has 2 rings (SSSR count). The third-order valence-corrected chi connectivity index (χ3v) is 4.22. The number of nitro groups is 1. The van der Waals surface area contributed by atoms with E-state index in [1.807, 2.05) is 6.92 Å². The molecule has 1 amide bonds. The van der Waals surface area contributed by atoms with E-state index in [0.29, 0.717) is 13.1 Å². The van der Waals surface area contributed by atoms with Gasteiger partial charge in [0.1, 0.15) is 0 Å². The van der Waals surface area contributed by atoms with Crippen LogP contribution in [0, 0.1) is 10.1 Å². The lowest BCUT2D eigenvalue weighted by Gasteiger charge is -2.18. The van der Waals surface area contributed by atoms with Gasteiger partial charge in [0.15, 0.2) is 5.75 Å². The normalized spacial score (nSPS) is 10.5. The smallest absolute Gasteiger partial charge is 0.311 e. The van der Waals surface area contributed by atoms with Gasteiger partial charge in [-0.1, -0.05) is 0 Å². The Kier molecular flexibility index (Phi) is 5.55. The van der Waals surface area contributed by atoms with Crippen molar-refractivity contribution in [2.45, 2.75) is 20.0 Å². The fourth-order valence-electron chi connectivity index (χ4n) is 2.30. The molecule has 1 aromatic carbocycles. The van der Waals surface area contributed by atoms with Gasteiger partial charge in [-0.3, -0.25) is 19.6 Å². The van der Waals surface area contributed by atoms with Crippen LogP contribution < -0.4 is 4.74 Å². The predicted octanol–water partition coefficient (Wildman–Crippen LogP) is 2.85. The number of amides is 1. The van der Waals surface area contributed by atoms with Gasteiger partial charge >= 0.3 is 5.69 Å². The summed E-state index contributed by atoms with van der Waals surface area (Å²) in [5, 5.41) is 15.3. The molecule has 0 aliphatic rings. The highest BCUT2D eigenvalue weighted by molar-refractivity contribution is 9.10. The number of hydrogen-bond donors (Lipinski definition) is 0. The first-order valence-electron chi connectivity index (χ1n) is 7.17. The van der Waals surface area contributed by atoms with Crippen LogP contribution >= 0.6 is 15.9 Å². The summed E-state index contributed by atoms with van der Waals surface area (Å²) < 4.78 is 7.54. The van der Waals surface area contributed by atoms with E-state index in [1.54, 1.807) is 17.9 Å². The van der Waals surface area contributed by atoms with Crippen LogP contribution in [-0.4, -0.2) is 39.7 Å². The van der Waals surface area contributed by atoms with E-state index in [1.165, 1.54) is 30.2 Å². The summed E-state index contributed by atoms with van der Waals surface area (Å²) >= 11 is 3.41. The molecular formula is C15H17BrN4O4. The Hall–Kier alpha value is -2.42. The van der Waals surface area contributed by atoms with Crippen molar-refractivity contribution in [1.82, 2.24) is 14.7 Å². The fraction of sp³-hybridized carbons (Fsp3) is 0.333. The van der Waals surface area contributed by atoms with Crippen molar-refractivity contribution in [3.63, 3.8) is 0 Å². The molecule has 0 atom stereocenters. The quantitative estimate of drug-likeness (QED) is 0.552. The maximum atomic E-state index is 12.6. The molecule has 128 valence electrons. The van der Waals surface area contributed by atoms with E-state index < -0.39 is 4.92 Å². The Bertz CT molecular complexity index is 775. The van der Waals surface area contributed by atoms with E-state index in [2.05, 4.69) is 21.0 Å². The van der Waals surface area contributed by atoms with Crippen LogP contribution in [0.4, 0.5) is 5.69 Å². The van der Waals surface area contributed by atoms with E-state index in [0.717, 1.165) is 10.2 Å². The highest BCUT2D eigenvalue weighted by Gasteiger charge is 2.21. The Balaban J connectivity index is 2.26. The molecule has 0 aliphatic heterocycles. The lowest BCUT2D eigenvalue weighted by Crippen LogP contribution is -2.27. The molecule has 0 saturated heterocycles. The molecule has 0 aliphatic carbocycles. The van der Waals surface area contributed by atoms with Crippen molar-refractivity contribution in [3.05, 3.63) is 50.2 Å². The predicted molar refractivity (Wildman–Crippen MR) is 91.0 cm³/mol. The van der Waals surface area contributed by atoms with Gasteiger partial charge in [-0.05, 0) is 35.0 Å². The average molecular weight is 397 g/mol. The molecule has 1 heterocycles. The first kappa shape index (κ1) is 17.9. The van der Waals surface area contributed by atoms with Crippen molar-refractivity contribution in [2.24, 2.45) is 0 Å². The standard InChI is InChI=1S/C15H17BrN4O4/c1-4-19-13(11(16)8-17-19)9-18(2)15(21)10-5-6-14(24-3)12(7-10)20(22)23/h5-8H,4,9H2,1-3H3. The monoisotopic (exact) mass is 396 g/mol. The summed E-state index contributed by atoms with van der Waals surface area (Å²) in [5.74, 6) is -0.206. The molecule has 8 nitrogen and oxygen atoms in total. The minimum absolute atomic E-state index is 0.117. The topological polar surface area (TPSA) is 90.5 Å². The molecule has 0 fully saturated rings. The van der Waals surface area contributed by atoms with Gasteiger partial charge in [-0.25, -0.2) is 0 Å². The fourth-order valence-corrected chi connectivity index (χ4v) is 2.72. The van der Waals surface area contributed by atoms with Crippen LogP contribution in [0.25, 0.3) is 0 Å². The Labute approximate surface area is 147 Å². The average Bonchev–Trinajstić information content (AvgIpc) is 2.93. The van der Waals surface area contributed by atoms with Gasteiger partial charge in [0.25, 0.3) is 5.91 Å². The first-order valence-corrected chi connectivity index (χ1v) is 7.96. The van der Waals surface area contributed by atoms with Gasteiger partial charge in [-0.15, -0.1) is 0 Å². The van der Waals surface area contributed by atoms with Gasteiger partial charge in [-0.2, -0.15) is 5.10 Å². The number of hydrogen-bond acceptors (Lipinski definition) is 5. The van der Waals surface area contributed by atoms with Crippen LogP contribution in [0.5, 0.6) is 5.75 Å². The number of carbonyl (C=O) groups is 1. The number of nitro benzene ring substituents is 1. The molecule has 0 N–H and O–H groups in total. The second kappa shape index (κ2) is 7.43. The second-order valence-corrected chi connectivity index (χ2v) is 5.91. The minimum Gasteiger partial charge on any atom is -0.490 e. The van der Waals surface area contributed by atoms with E-state index in [9.17, 15) is 14.9 Å². The van der Waals surface area contributed by atoms with Crippen LogP contribution in [0.1, 0.15) is 23.0 Å². The molecular weight excluding hydrogens is 380 g/mol. The zero-order valence-electron chi connectivity index (χ0n) is 13.5. The molecule has 24 heavy (non-hydrogen) atoms. The van der Waals surface area contributed by atoms with Crippen LogP contribution in [-0.2, 0) is 13.1 Å². The third-order valence-electron chi connectivity index (χ3n) is 3.55. The van der Waals surface area contributed by atoms with E-state index in [4.69, 9.17) is 4.74 Å². The van der Waals surface area contributed by atoms with E-state index in [-0.39, 0.29) is 22.9 Å². The molecule has 0 radical (unpaired) electrons. The van der Waals surface area contributed by atoms with Crippen LogP contribution in [0.15, 0.2) is 28.9 Å². The van der Waals surface area contributed by atoms with Gasteiger partial charge in [0.2, 0.25) is 0 Å². The minimum atomic E-state index is -0.571. The Morgan fingerprint density at radius 3 is 2.79 bits per heavy atom. The summed E-state index contributed by atoms with van der Waals surface area (Å²) in [7, 11) is 2.98. The Morgan fingerprint density at radius 2 is 2.21 bits per heavy atom. The Morgan fingerprint density at radius 1 is 1.50 bits per heavy atom. The summed E-state index contributed by atoms with van der Waals surface area (Å²) in [6, 6.07) is 4.16. The maximum absolute atomic E-state index is 12.6. The highest BCUT2D eigenvalue weighted by atomic mass is 79.9. The van der Waals surface area contributed by atoms with Crippen molar-refractivity contribution >= 4 is 27.5 Å². The van der Waals surface area contributed by atoms with Crippen molar-refractivity contribution in [2.75, 3.05) is 14.2 Å². The van der Waals surface area contributed by atoms with Crippen molar-refractivity contribution < 1.29 is 14.5 Å². The van der Waals surface area contributed by atoms with Crippen LogP contribution in [0.2, 0.25) is 0 Å². The molecule has 0 unspecified atom stereocenters. The van der Waals surface area contributed by atoms with Gasteiger partial charge in [0, 0.05) is 25.2 Å². The summed E-state index contributed by atoms with van der Waals surface area (Å²) in [5.41, 5.74) is 0.844. The lowest BCUT2D eigenvalue weighted by molar-refractivity contribution is -0.385. The van der Waals surface area contributed by atoms with Crippen molar-refractivity contribution in [1.29, 1.82) is 0 Å². The summed E-state index contributed by atoms with van der Waals surface area (Å²) in [4.78, 5) is 24.6. The molecule has 2 aromatic rings. The summed E-state index contributed by atoms with van der Waals surface area (Å²) in [6.07, 6.45) is 1.68. The number of methoxy groups -OCH3 is 1. The molecule has 0 spiro atoms. The number of carbonyl (C=O) groups excluding carboxylic acids is 1. The van der Waals surface area contributed by atoms with Gasteiger partial charge < -0.3 is 9.64 Å². The number of aromatic nitrogens is 2. The number of rotatable bonds is 6. The second-order valence-electron chi connectivity index (χ2n) is 5.06. The van der Waals surface area contributed by atoms with Gasteiger partial charge in [0.05, 0.1) is 34.9 Å². The molecule has 9 heteroatoms. The third kappa shape index (κ3) is 3.56. The number of aryl methyl sites for hydroxylation is 1. The van der Waals surface area contributed by atoms with Crippen LogP contribution in [0.3, 0.4) is 0 Å². The zero-order valence-corrected chi connectivity index (χ0v) is 15.1. The molecule has 0 bridgehead atoms. The van der Waals surface area contributed by atoms with E-state index >= 15 is 0 Å². The SMILES string of the molecule is CCn1ncc(Br)c1CN(C)C(=O)c1ccc(OC)c([N+](=O)[O-])c1. The number of ether oxygens (including phenoxy) is 1. The number of halogens is 1. The lowest BCUT2D eigenvalue weighted by atomic mass is 10.1. The first-order chi connectivity index (χ1) is 11.4. The molecule has 1 aromatic heterocycles. The molecule has 0 saturated carbocycles. The van der Waals surface area contributed by atoms with Crippen molar-refractivity contribution in [3.8, 4) is 5.75 Å². The summed E-state index contributed by atoms with van der Waals surface area (Å²) in [6.45, 7) is 2.96.